The highest BCUT2D eigenvalue weighted by molar-refractivity contribution is 5.78. The Morgan fingerprint density at radius 2 is 1.89 bits per heavy atom. The van der Waals surface area contributed by atoms with Crippen molar-refractivity contribution in [1.82, 2.24) is 0 Å². The highest BCUT2D eigenvalue weighted by atomic mass is 16.7. The van der Waals surface area contributed by atoms with Gasteiger partial charge in [0, 0.05) is 0 Å². The molecule has 0 bridgehead atoms. The van der Waals surface area contributed by atoms with Gasteiger partial charge in [0.05, 0.1) is 6.61 Å². The highest BCUT2D eigenvalue weighted by Crippen LogP contribution is 2.32. The van der Waals surface area contributed by atoms with E-state index < -0.39 is 36.7 Å². The lowest BCUT2D eigenvalue weighted by Crippen LogP contribution is -2.33. The molecule has 0 aromatic heterocycles. The van der Waals surface area contributed by atoms with Crippen molar-refractivity contribution in [3.05, 3.63) is 35.9 Å². The molecule has 0 amide bonds. The summed E-state index contributed by atoms with van der Waals surface area (Å²) in [6.45, 7) is 0.270. The van der Waals surface area contributed by atoms with E-state index in [9.17, 15) is 15.0 Å². The van der Waals surface area contributed by atoms with Crippen LogP contribution in [0.3, 0.4) is 0 Å². The summed E-state index contributed by atoms with van der Waals surface area (Å²) in [5.74, 6) is -0.768. The quantitative estimate of drug-likeness (QED) is 0.722. The van der Waals surface area contributed by atoms with Crippen molar-refractivity contribution < 1.29 is 29.2 Å². The predicted octanol–water partition coefficient (Wildman–Crippen LogP) is -0.425. The van der Waals surface area contributed by atoms with Crippen molar-refractivity contribution in [2.24, 2.45) is 0 Å². The van der Waals surface area contributed by atoms with Gasteiger partial charge in [0.25, 0.3) is 0 Å². The summed E-state index contributed by atoms with van der Waals surface area (Å²) in [7, 11) is 0. The van der Waals surface area contributed by atoms with Crippen molar-refractivity contribution in [3.63, 3.8) is 0 Å². The molecule has 2 saturated heterocycles. The molecule has 3 rings (SSSR count). The molecule has 19 heavy (non-hydrogen) atoms. The summed E-state index contributed by atoms with van der Waals surface area (Å²) in [4.78, 5) is 11.1. The van der Waals surface area contributed by atoms with Gasteiger partial charge in [-0.05, 0) is 5.56 Å². The zero-order chi connectivity index (χ0) is 13.4. The van der Waals surface area contributed by atoms with Crippen molar-refractivity contribution in [1.29, 1.82) is 0 Å². The molecule has 6 nitrogen and oxygen atoms in total. The lowest BCUT2D eigenvalue weighted by molar-refractivity contribution is -0.191. The molecule has 6 heteroatoms. The van der Waals surface area contributed by atoms with Crippen LogP contribution >= 0.6 is 0 Å². The van der Waals surface area contributed by atoms with Crippen LogP contribution in [0.25, 0.3) is 0 Å². The monoisotopic (exact) mass is 266 g/mol. The van der Waals surface area contributed by atoms with Crippen LogP contribution in [0.4, 0.5) is 0 Å². The molecule has 1 unspecified atom stereocenters. The number of benzene rings is 1. The van der Waals surface area contributed by atoms with E-state index in [4.69, 9.17) is 14.2 Å². The average molecular weight is 266 g/mol. The molecule has 102 valence electrons. The molecule has 2 aliphatic heterocycles. The predicted molar refractivity (Wildman–Crippen MR) is 61.8 cm³/mol. The minimum atomic E-state index is -1.36. The van der Waals surface area contributed by atoms with Gasteiger partial charge in [0.15, 0.2) is 18.5 Å². The molecular weight excluding hydrogens is 252 g/mol. The maximum atomic E-state index is 11.1. The average Bonchev–Trinajstić information content (AvgIpc) is 2.88. The maximum absolute atomic E-state index is 11.1. The van der Waals surface area contributed by atoms with Crippen molar-refractivity contribution in [2.45, 2.75) is 37.3 Å². The Kier molecular flexibility index (Phi) is 3.24. The Balaban J connectivity index is 1.61. The van der Waals surface area contributed by atoms with E-state index in [2.05, 4.69) is 0 Å². The molecule has 0 spiro atoms. The third-order valence-corrected chi connectivity index (χ3v) is 3.29. The van der Waals surface area contributed by atoms with Crippen LogP contribution in [0, 0.1) is 0 Å². The zero-order valence-electron chi connectivity index (χ0n) is 10.0. The molecule has 1 aromatic carbocycles. The minimum Gasteiger partial charge on any atom is -0.454 e. The van der Waals surface area contributed by atoms with E-state index in [1.54, 1.807) is 0 Å². The van der Waals surface area contributed by atoms with E-state index in [1.807, 2.05) is 30.3 Å². The maximum Gasteiger partial charge on any atom is 0.338 e. The topological polar surface area (TPSA) is 85.2 Å². The Morgan fingerprint density at radius 3 is 2.58 bits per heavy atom. The first kappa shape index (κ1) is 12.6. The number of fused-ring (bicyclic) bond motifs is 1. The highest BCUT2D eigenvalue weighted by Gasteiger charge is 2.56. The van der Waals surface area contributed by atoms with Gasteiger partial charge in [-0.25, -0.2) is 4.79 Å². The number of aliphatic hydroxyl groups is 2. The minimum absolute atomic E-state index is 0.270. The van der Waals surface area contributed by atoms with Gasteiger partial charge in [-0.1, -0.05) is 30.3 Å². The number of aliphatic hydroxyl groups excluding tert-OH is 2. The summed E-state index contributed by atoms with van der Waals surface area (Å²) >= 11 is 0. The van der Waals surface area contributed by atoms with Gasteiger partial charge in [-0.3, -0.25) is 0 Å². The molecular formula is C13H14O6. The van der Waals surface area contributed by atoms with Crippen LogP contribution < -0.4 is 0 Å². The summed E-state index contributed by atoms with van der Waals surface area (Å²) < 4.78 is 15.6. The molecule has 1 aromatic rings. The first-order valence-corrected chi connectivity index (χ1v) is 6.04. The smallest absolute Gasteiger partial charge is 0.338 e. The Bertz CT molecular complexity index is 461. The molecule has 0 aliphatic carbocycles. The van der Waals surface area contributed by atoms with Crippen LogP contribution in [-0.4, -0.2) is 46.9 Å². The van der Waals surface area contributed by atoms with Crippen molar-refractivity contribution >= 4 is 5.97 Å². The number of carbonyl (C=O) groups is 1. The second-order valence-electron chi connectivity index (χ2n) is 4.60. The zero-order valence-corrected chi connectivity index (χ0v) is 10.0. The summed E-state index contributed by atoms with van der Waals surface area (Å²) in [6.07, 6.45) is -5.07. The van der Waals surface area contributed by atoms with E-state index in [-0.39, 0.29) is 6.61 Å². The SMILES string of the molecule is O=C1O[C@H]2[C@H](OC(OCc3ccccc3)[C@H]2O)[C@H]1O. The fraction of sp³-hybridized carbons (Fsp3) is 0.462. The largest absolute Gasteiger partial charge is 0.454 e. The van der Waals surface area contributed by atoms with Crippen LogP contribution in [0.1, 0.15) is 5.56 Å². The van der Waals surface area contributed by atoms with Gasteiger partial charge in [0.2, 0.25) is 0 Å². The summed E-state index contributed by atoms with van der Waals surface area (Å²) in [6, 6.07) is 9.43. The van der Waals surface area contributed by atoms with Crippen LogP contribution in [0.15, 0.2) is 30.3 Å². The van der Waals surface area contributed by atoms with Gasteiger partial charge in [0.1, 0.15) is 12.2 Å². The van der Waals surface area contributed by atoms with Gasteiger partial charge >= 0.3 is 5.97 Å². The summed E-state index contributed by atoms with van der Waals surface area (Å²) in [5.41, 5.74) is 0.938. The lowest BCUT2D eigenvalue weighted by atomic mass is 10.1. The van der Waals surface area contributed by atoms with Crippen LogP contribution in [0.5, 0.6) is 0 Å². The second-order valence-corrected chi connectivity index (χ2v) is 4.60. The fourth-order valence-electron chi connectivity index (χ4n) is 2.28. The fourth-order valence-corrected chi connectivity index (χ4v) is 2.28. The number of esters is 1. The normalized spacial score (nSPS) is 37.2. The first-order valence-electron chi connectivity index (χ1n) is 6.04. The van der Waals surface area contributed by atoms with Gasteiger partial charge in [-0.15, -0.1) is 0 Å². The van der Waals surface area contributed by atoms with E-state index in [0.717, 1.165) is 5.56 Å². The number of rotatable bonds is 3. The van der Waals surface area contributed by atoms with Crippen LogP contribution in [0.2, 0.25) is 0 Å². The number of hydrogen-bond acceptors (Lipinski definition) is 6. The molecule has 0 saturated carbocycles. The van der Waals surface area contributed by atoms with Crippen molar-refractivity contribution in [3.8, 4) is 0 Å². The second kappa shape index (κ2) is 4.90. The number of carbonyl (C=O) groups excluding carboxylic acids is 1. The van der Waals surface area contributed by atoms with Crippen molar-refractivity contribution in [2.75, 3.05) is 0 Å². The molecule has 2 fully saturated rings. The molecule has 2 N–H and O–H groups in total. The standard InChI is InChI=1S/C13H14O6/c14-8-10-11(18-12(8)16)9(15)13(19-10)17-6-7-4-2-1-3-5-7/h1-5,8-11,13-15H,6H2/t8-,9+,10-,11-,13?/m1/s1. The first-order chi connectivity index (χ1) is 9.16. The Labute approximate surface area is 109 Å². The molecule has 2 aliphatic rings. The lowest BCUT2D eigenvalue weighted by Gasteiger charge is -2.17. The van der Waals surface area contributed by atoms with E-state index in [0.29, 0.717) is 0 Å². The van der Waals surface area contributed by atoms with Gasteiger partial charge in [-0.2, -0.15) is 0 Å². The summed E-state index contributed by atoms with van der Waals surface area (Å²) in [5, 5.41) is 19.5. The number of hydrogen-bond donors (Lipinski definition) is 2. The third-order valence-electron chi connectivity index (χ3n) is 3.29. The molecule has 2 heterocycles. The van der Waals surface area contributed by atoms with E-state index in [1.165, 1.54) is 0 Å². The molecule has 0 radical (unpaired) electrons. The van der Waals surface area contributed by atoms with E-state index >= 15 is 0 Å². The molecule has 5 atom stereocenters. The third kappa shape index (κ3) is 2.23. The van der Waals surface area contributed by atoms with Gasteiger partial charge < -0.3 is 24.4 Å². The Hall–Kier alpha value is -1.47. The Morgan fingerprint density at radius 1 is 1.16 bits per heavy atom. The number of ether oxygens (including phenoxy) is 3. The van der Waals surface area contributed by atoms with Crippen LogP contribution in [-0.2, 0) is 25.6 Å².